The molecule has 0 aliphatic rings. The van der Waals surface area contributed by atoms with Gasteiger partial charge in [-0.15, -0.1) is 0 Å². The van der Waals surface area contributed by atoms with Gasteiger partial charge in [0.25, 0.3) is 0 Å². The molecule has 0 rings (SSSR count). The second-order valence-electron chi connectivity index (χ2n) is 0. The minimum Gasteiger partial charge on any atom is -0.307 e. The second kappa shape index (κ2) is 145. The van der Waals surface area contributed by atoms with Crippen LogP contribution < -0.4 is 0 Å². The van der Waals surface area contributed by atoms with Crippen LogP contribution in [0.5, 0.6) is 0 Å². The van der Waals surface area contributed by atoms with Gasteiger partial charge in [0.2, 0.25) is 0 Å². The molecule has 0 atom stereocenters. The summed E-state index contributed by atoms with van der Waals surface area (Å²) in [6, 6.07) is 0. The van der Waals surface area contributed by atoms with Gasteiger partial charge in [0, 0.05) is 21.1 Å². The van der Waals surface area contributed by atoms with E-state index in [0.717, 1.165) is 0 Å². The summed E-state index contributed by atoms with van der Waals surface area (Å²) in [6.07, 6.45) is 0. The van der Waals surface area contributed by atoms with Crippen LogP contribution in [0.15, 0.2) is 0 Å². The summed E-state index contributed by atoms with van der Waals surface area (Å²) in [4.78, 5) is 8.00. The van der Waals surface area contributed by atoms with Crippen molar-refractivity contribution in [3.05, 3.63) is 7.43 Å². The van der Waals surface area contributed by atoms with Gasteiger partial charge in [-0.2, -0.15) is 0 Å². The molecule has 0 spiro atoms. The maximum Gasteiger partial charge on any atom is 0.106 e. The van der Waals surface area contributed by atoms with Crippen LogP contribution in [0.4, 0.5) is 0 Å². The van der Waals surface area contributed by atoms with Gasteiger partial charge in [0.05, 0.1) is 0 Å². The van der Waals surface area contributed by atoms with Gasteiger partial charge >= 0.3 is 0 Å². The Balaban J connectivity index is -0.00000000500. The summed E-state index contributed by atoms with van der Waals surface area (Å²) in [6.45, 7) is 2.00. The van der Waals surface area contributed by atoms with Crippen molar-refractivity contribution in [2.45, 2.75) is 0 Å². The van der Waals surface area contributed by atoms with Gasteiger partial charge < -0.3 is 4.79 Å². The molecule has 24 valence electrons. The van der Waals surface area contributed by atoms with E-state index in [1.165, 1.54) is 0 Å². The van der Waals surface area contributed by atoms with E-state index in [1.54, 1.807) is 0 Å². The molecule has 2 radical (unpaired) electrons. The third-order valence-corrected chi connectivity index (χ3v) is 0. The Morgan fingerprint density at radius 2 is 1.25 bits per heavy atom. The van der Waals surface area contributed by atoms with Crippen molar-refractivity contribution < 1.29 is 25.9 Å². The van der Waals surface area contributed by atoms with Crippen LogP contribution in [-0.2, 0) is 25.9 Å². The van der Waals surface area contributed by atoms with Gasteiger partial charge in [-0.05, 0) is 0 Å². The van der Waals surface area contributed by atoms with Gasteiger partial charge in [-0.25, -0.2) is 0 Å². The molecule has 0 N–H and O–H groups in total. The van der Waals surface area contributed by atoms with Gasteiger partial charge in [0.15, 0.2) is 0 Å². The Hall–Kier alpha value is 0.358. The fourth-order valence-corrected chi connectivity index (χ4v) is 0. The molecule has 0 unspecified atom stereocenters. The van der Waals surface area contributed by atoms with Crippen LogP contribution in [0, 0.1) is 7.43 Å². The average molecular weight is 140 g/mol. The number of rotatable bonds is 0. The van der Waals surface area contributed by atoms with Crippen molar-refractivity contribution in [1.29, 1.82) is 0 Å². The molecule has 0 aliphatic carbocycles. The Labute approximate surface area is 40.7 Å². The monoisotopic (exact) mass is 142 g/mol. The van der Waals surface area contributed by atoms with Crippen LogP contribution in [0.1, 0.15) is 0 Å². The largest absolute Gasteiger partial charge is 0.307 e. The molecular formula is C2H4MoO. The van der Waals surface area contributed by atoms with E-state index in [9.17, 15) is 0 Å². The first-order valence-corrected chi connectivity index (χ1v) is 0.289. The third-order valence-electron chi connectivity index (χ3n) is 0. The molecule has 0 saturated heterocycles. The molecule has 0 aliphatic heterocycles. The molecule has 0 aromatic rings. The van der Waals surface area contributed by atoms with Crippen LogP contribution in [0.2, 0.25) is 0 Å². The molecule has 0 aromatic carbocycles. The first-order valence-electron chi connectivity index (χ1n) is 0.289. The molecule has 0 bridgehead atoms. The fraction of sp³-hybridized carbons (Fsp3) is 0. The molecule has 0 heterocycles. The molecule has 0 fully saturated rings. The average Bonchev–Trinajstić information content (AvgIpc) is 1.00. The minimum atomic E-state index is 0. The number of carbonyl (C=O) groups is 1. The molecule has 2 heteroatoms. The predicted molar refractivity (Wildman–Crippen MR) is 12.5 cm³/mol. The smallest absolute Gasteiger partial charge is 0.106 e. The van der Waals surface area contributed by atoms with E-state index in [0.29, 0.717) is 0 Å². The van der Waals surface area contributed by atoms with Gasteiger partial charge in [-0.1, -0.05) is 7.43 Å². The number of hydrogen-bond acceptors (Lipinski definition) is 1. The molecule has 0 saturated carbocycles. The van der Waals surface area contributed by atoms with E-state index in [1.807, 2.05) is 6.79 Å². The quantitative estimate of drug-likeness (QED) is 0.437. The zero-order valence-electron chi connectivity index (χ0n) is 2.23. The van der Waals surface area contributed by atoms with Gasteiger partial charge in [0.1, 0.15) is 6.79 Å². The third kappa shape index (κ3) is 33.9. The normalized spacial score (nSPS) is 1.00. The summed E-state index contributed by atoms with van der Waals surface area (Å²) in [7, 11) is 0. The van der Waals surface area contributed by atoms with Crippen LogP contribution in [0.3, 0.4) is 0 Å². The van der Waals surface area contributed by atoms with E-state index in [2.05, 4.69) is 0 Å². The van der Waals surface area contributed by atoms with Crippen molar-refractivity contribution in [3.63, 3.8) is 0 Å². The summed E-state index contributed by atoms with van der Waals surface area (Å²) >= 11 is 0. The van der Waals surface area contributed by atoms with Crippen molar-refractivity contribution in [1.82, 2.24) is 0 Å². The van der Waals surface area contributed by atoms with E-state index in [-0.39, 0.29) is 28.5 Å². The van der Waals surface area contributed by atoms with Gasteiger partial charge in [-0.3, -0.25) is 0 Å². The summed E-state index contributed by atoms with van der Waals surface area (Å²) in [5, 5.41) is 0. The van der Waals surface area contributed by atoms with Crippen LogP contribution >= 0.6 is 0 Å². The van der Waals surface area contributed by atoms with E-state index in [4.69, 9.17) is 4.79 Å². The predicted octanol–water partition coefficient (Wildman–Crippen LogP) is 0.140. The summed E-state index contributed by atoms with van der Waals surface area (Å²) in [5.41, 5.74) is 0. The van der Waals surface area contributed by atoms with Crippen LogP contribution in [0.25, 0.3) is 0 Å². The molecule has 4 heavy (non-hydrogen) atoms. The molecular weight excluding hydrogens is 136 g/mol. The Morgan fingerprint density at radius 1 is 1.25 bits per heavy atom. The Morgan fingerprint density at radius 3 is 1.25 bits per heavy atom. The Bertz CT molecular complexity index is 6.00. The van der Waals surface area contributed by atoms with Crippen molar-refractivity contribution in [2.24, 2.45) is 0 Å². The Kier molecular flexibility index (Phi) is 969. The van der Waals surface area contributed by atoms with Crippen LogP contribution in [-0.4, -0.2) is 6.79 Å². The zero-order chi connectivity index (χ0) is 2.00. The zero-order valence-corrected chi connectivity index (χ0v) is 4.24. The van der Waals surface area contributed by atoms with E-state index < -0.39 is 0 Å². The second-order valence-corrected chi connectivity index (χ2v) is 0. The minimum absolute atomic E-state index is 0. The van der Waals surface area contributed by atoms with Crippen molar-refractivity contribution in [3.8, 4) is 0 Å². The standard InChI is InChI=1S/CH2O.CH2.Mo/c1-2;;/h1H2;1H2;. The fourth-order valence-electron chi connectivity index (χ4n) is 0. The summed E-state index contributed by atoms with van der Waals surface area (Å²) < 4.78 is 0. The molecule has 1 nitrogen and oxygen atoms in total. The SMILES string of the molecule is C=O.[CH2].[Mo]. The summed E-state index contributed by atoms with van der Waals surface area (Å²) in [5.74, 6) is 0. The van der Waals surface area contributed by atoms with Crippen molar-refractivity contribution >= 4 is 6.79 Å². The maximum absolute atomic E-state index is 8.00. The first kappa shape index (κ1) is 26.6. The first-order chi connectivity index (χ1) is 1.00. The topological polar surface area (TPSA) is 17.1 Å². The van der Waals surface area contributed by atoms with E-state index >= 15 is 0 Å². The molecule has 0 aromatic heterocycles. The number of hydrogen-bond donors (Lipinski definition) is 0. The number of carbonyl (C=O) groups excluding carboxylic acids is 1. The van der Waals surface area contributed by atoms with Crippen molar-refractivity contribution in [2.75, 3.05) is 0 Å². The maximum atomic E-state index is 8.00. The molecule has 0 amide bonds.